The van der Waals surface area contributed by atoms with Gasteiger partial charge in [0.1, 0.15) is 18.6 Å². The third-order valence-electron chi connectivity index (χ3n) is 3.95. The number of rotatable bonds is 8. The smallest absolute Gasteiger partial charge is 0.295 e. The fourth-order valence-corrected chi connectivity index (χ4v) is 3.95. The second kappa shape index (κ2) is 7.34. The second-order valence-electron chi connectivity index (χ2n) is 5.86. The number of aromatic nitrogens is 2. The van der Waals surface area contributed by atoms with E-state index in [9.17, 15) is 13.2 Å². The van der Waals surface area contributed by atoms with Gasteiger partial charge >= 0.3 is 0 Å². The molecule has 10 heteroatoms. The number of hydrogen-bond acceptors (Lipinski definition) is 7. The van der Waals surface area contributed by atoms with Crippen LogP contribution in [0.3, 0.4) is 0 Å². The Kier molecular flexibility index (Phi) is 5.14. The number of aryl methyl sites for hydroxylation is 1. The van der Waals surface area contributed by atoms with E-state index in [1.165, 1.54) is 10.8 Å². The average Bonchev–Trinajstić information content (AvgIpc) is 3.21. The van der Waals surface area contributed by atoms with Crippen molar-refractivity contribution < 1.29 is 22.7 Å². The van der Waals surface area contributed by atoms with Crippen LogP contribution >= 0.6 is 0 Å². The molecule has 1 unspecified atom stereocenters. The van der Waals surface area contributed by atoms with Gasteiger partial charge in [-0.25, -0.2) is 4.98 Å². The summed E-state index contributed by atoms with van der Waals surface area (Å²) in [6, 6.07) is 2.96. The van der Waals surface area contributed by atoms with Crippen LogP contribution in [0.5, 0.6) is 5.75 Å². The number of carbonyl (C=O) groups is 1. The lowest BCUT2D eigenvalue weighted by atomic mass is 10.1. The number of aldehydes is 1. The van der Waals surface area contributed by atoms with Crippen molar-refractivity contribution in [3.8, 4) is 5.75 Å². The molecule has 2 aromatic rings. The van der Waals surface area contributed by atoms with Gasteiger partial charge in [-0.3, -0.25) is 4.72 Å². The standard InChI is InChI=1S/C16H20N4O5S/c1-20-4-3-17-16(20)26(22,23)19-14-9-13(25-6-5-24-2)8-11-7-12(10-21)18-15(11)14/h3-4,8-10,12,18-19H,5-7H2,1-2H3. The fraction of sp³-hybridized carbons (Fsp3) is 0.375. The molecule has 1 aliphatic rings. The molecule has 140 valence electrons. The maximum absolute atomic E-state index is 12.7. The summed E-state index contributed by atoms with van der Waals surface area (Å²) >= 11 is 0. The Hall–Kier alpha value is -2.59. The van der Waals surface area contributed by atoms with E-state index in [0.717, 1.165) is 11.8 Å². The van der Waals surface area contributed by atoms with Crippen LogP contribution in [0.2, 0.25) is 0 Å². The Labute approximate surface area is 151 Å². The van der Waals surface area contributed by atoms with Gasteiger partial charge in [0.2, 0.25) is 5.16 Å². The van der Waals surface area contributed by atoms with Crippen molar-refractivity contribution in [1.82, 2.24) is 9.55 Å². The Bertz CT molecular complexity index is 909. The van der Waals surface area contributed by atoms with Crippen LogP contribution < -0.4 is 14.8 Å². The van der Waals surface area contributed by atoms with Crippen molar-refractivity contribution in [2.75, 3.05) is 30.4 Å². The zero-order valence-electron chi connectivity index (χ0n) is 14.4. The van der Waals surface area contributed by atoms with Crippen molar-refractivity contribution in [3.05, 3.63) is 30.1 Å². The SMILES string of the molecule is COCCOc1cc2c(c(NS(=O)(=O)c3nccn3C)c1)NC(C=O)C2. The molecule has 0 radical (unpaired) electrons. The van der Waals surface area contributed by atoms with Crippen molar-refractivity contribution >= 4 is 27.7 Å². The van der Waals surface area contributed by atoms with Gasteiger partial charge in [0.05, 0.1) is 24.0 Å². The molecule has 1 aliphatic heterocycles. The number of anilines is 2. The van der Waals surface area contributed by atoms with Crippen LogP contribution in [0.4, 0.5) is 11.4 Å². The van der Waals surface area contributed by atoms with E-state index in [1.54, 1.807) is 32.5 Å². The van der Waals surface area contributed by atoms with Gasteiger partial charge in [-0.05, 0) is 11.6 Å². The first-order valence-electron chi connectivity index (χ1n) is 7.95. The minimum atomic E-state index is -3.90. The molecule has 0 spiro atoms. The summed E-state index contributed by atoms with van der Waals surface area (Å²) in [5, 5.41) is 2.92. The third-order valence-corrected chi connectivity index (χ3v) is 5.31. The molecular formula is C16H20N4O5S. The summed E-state index contributed by atoms with van der Waals surface area (Å²) in [5.41, 5.74) is 1.68. The molecule has 0 saturated heterocycles. The highest BCUT2D eigenvalue weighted by molar-refractivity contribution is 7.92. The van der Waals surface area contributed by atoms with Gasteiger partial charge < -0.3 is 24.2 Å². The molecule has 26 heavy (non-hydrogen) atoms. The number of fused-ring (bicyclic) bond motifs is 1. The van der Waals surface area contributed by atoms with Crippen LogP contribution in [0, 0.1) is 0 Å². The molecule has 1 aromatic heterocycles. The van der Waals surface area contributed by atoms with Crippen molar-refractivity contribution in [2.24, 2.45) is 7.05 Å². The lowest BCUT2D eigenvalue weighted by molar-refractivity contribution is -0.108. The van der Waals surface area contributed by atoms with E-state index in [2.05, 4.69) is 15.0 Å². The van der Waals surface area contributed by atoms with Gasteiger partial charge in [-0.1, -0.05) is 0 Å². The average molecular weight is 380 g/mol. The molecule has 0 fully saturated rings. The minimum Gasteiger partial charge on any atom is -0.491 e. The van der Waals surface area contributed by atoms with Gasteiger partial charge in [0, 0.05) is 39.0 Å². The van der Waals surface area contributed by atoms with Gasteiger partial charge in [0.25, 0.3) is 10.0 Å². The molecule has 0 bridgehead atoms. The van der Waals surface area contributed by atoms with E-state index in [0.29, 0.717) is 36.8 Å². The molecule has 0 amide bonds. The topological polar surface area (TPSA) is 112 Å². The van der Waals surface area contributed by atoms with E-state index >= 15 is 0 Å². The molecule has 3 rings (SSSR count). The lowest BCUT2D eigenvalue weighted by Gasteiger charge is -2.15. The van der Waals surface area contributed by atoms with E-state index in [4.69, 9.17) is 9.47 Å². The molecule has 1 atom stereocenters. The zero-order chi connectivity index (χ0) is 18.7. The largest absolute Gasteiger partial charge is 0.491 e. The Morgan fingerprint density at radius 3 is 2.88 bits per heavy atom. The van der Waals surface area contributed by atoms with E-state index < -0.39 is 16.1 Å². The van der Waals surface area contributed by atoms with Gasteiger partial charge in [-0.2, -0.15) is 8.42 Å². The van der Waals surface area contributed by atoms with Crippen molar-refractivity contribution in [2.45, 2.75) is 17.6 Å². The van der Waals surface area contributed by atoms with Crippen molar-refractivity contribution in [1.29, 1.82) is 0 Å². The maximum atomic E-state index is 12.7. The number of benzene rings is 1. The number of hydrogen-bond donors (Lipinski definition) is 2. The number of sulfonamides is 1. The first-order valence-corrected chi connectivity index (χ1v) is 9.43. The van der Waals surface area contributed by atoms with Crippen molar-refractivity contribution in [3.63, 3.8) is 0 Å². The summed E-state index contributed by atoms with van der Waals surface area (Å²) in [6.45, 7) is 0.728. The number of ether oxygens (including phenoxy) is 2. The molecule has 2 heterocycles. The molecular weight excluding hydrogens is 360 g/mol. The van der Waals surface area contributed by atoms with Crippen LogP contribution in [0.1, 0.15) is 5.56 Å². The van der Waals surface area contributed by atoms with Crippen LogP contribution in [-0.2, 0) is 33.0 Å². The first-order chi connectivity index (χ1) is 12.4. The molecule has 9 nitrogen and oxygen atoms in total. The Morgan fingerprint density at radius 2 is 2.23 bits per heavy atom. The number of nitrogens with one attached hydrogen (secondary N) is 2. The predicted octanol–water partition coefficient (Wildman–Crippen LogP) is 0.782. The van der Waals surface area contributed by atoms with Gasteiger partial charge in [0.15, 0.2) is 0 Å². The number of carbonyl (C=O) groups excluding carboxylic acids is 1. The van der Waals surface area contributed by atoms with E-state index in [1.807, 2.05) is 0 Å². The Morgan fingerprint density at radius 1 is 1.42 bits per heavy atom. The third kappa shape index (κ3) is 3.65. The highest BCUT2D eigenvalue weighted by atomic mass is 32.2. The van der Waals surface area contributed by atoms with Crippen LogP contribution in [0.15, 0.2) is 29.7 Å². The second-order valence-corrected chi connectivity index (χ2v) is 7.44. The number of nitrogens with zero attached hydrogens (tertiary/aromatic N) is 2. The molecule has 2 N–H and O–H groups in total. The van der Waals surface area contributed by atoms with Gasteiger partial charge in [-0.15, -0.1) is 0 Å². The summed E-state index contributed by atoms with van der Waals surface area (Å²) in [4.78, 5) is 15.0. The predicted molar refractivity (Wildman–Crippen MR) is 95.0 cm³/mol. The Balaban J connectivity index is 1.95. The normalized spacial score (nSPS) is 16.0. The van der Waals surface area contributed by atoms with Crippen LogP contribution in [0.25, 0.3) is 0 Å². The van der Waals surface area contributed by atoms with E-state index in [-0.39, 0.29) is 5.16 Å². The maximum Gasteiger partial charge on any atom is 0.295 e. The molecule has 1 aromatic carbocycles. The highest BCUT2D eigenvalue weighted by Gasteiger charge is 2.27. The summed E-state index contributed by atoms with van der Waals surface area (Å²) in [7, 11) is -0.734. The highest BCUT2D eigenvalue weighted by Crippen LogP contribution is 2.38. The molecule has 0 saturated carbocycles. The minimum absolute atomic E-state index is 0.109. The monoisotopic (exact) mass is 380 g/mol. The zero-order valence-corrected chi connectivity index (χ0v) is 15.2. The summed E-state index contributed by atoms with van der Waals surface area (Å²) in [6.07, 6.45) is 4.20. The fourth-order valence-electron chi connectivity index (χ4n) is 2.77. The van der Waals surface area contributed by atoms with Crippen LogP contribution in [-0.4, -0.2) is 50.6 Å². The first kappa shape index (κ1) is 18.2. The number of imidazole rings is 1. The quantitative estimate of drug-likeness (QED) is 0.514. The number of methoxy groups -OCH3 is 1. The molecule has 0 aliphatic carbocycles. The lowest BCUT2D eigenvalue weighted by Crippen LogP contribution is -2.19. The summed E-state index contributed by atoms with van der Waals surface area (Å²) < 4.78 is 39.8. The summed E-state index contributed by atoms with van der Waals surface area (Å²) in [5.74, 6) is 0.492.